The number of aliphatic carboxylic acids is 1. The number of hydrogen-bond acceptors (Lipinski definition) is 10. The van der Waals surface area contributed by atoms with Gasteiger partial charge in [-0.05, 0) is 38.0 Å². The molecule has 4 N–H and O–H groups in total. The third kappa shape index (κ3) is 3.25. The van der Waals surface area contributed by atoms with Gasteiger partial charge in [-0.25, -0.2) is 14.6 Å². The first kappa shape index (κ1) is 22.9. The fourth-order valence-electron chi connectivity index (χ4n) is 6.32. The van der Waals surface area contributed by atoms with Gasteiger partial charge in [-0.15, -0.1) is 0 Å². The smallest absolute Gasteiger partial charge is 0.335 e. The van der Waals surface area contributed by atoms with E-state index < -0.39 is 60.6 Å². The average Bonchev–Trinajstić information content (AvgIpc) is 2.97. The predicted octanol–water partition coefficient (Wildman–Crippen LogP) is 0.103. The summed E-state index contributed by atoms with van der Waals surface area (Å²) in [7, 11) is 0. The van der Waals surface area contributed by atoms with Gasteiger partial charge in [0.05, 0.1) is 0 Å². The van der Waals surface area contributed by atoms with E-state index in [9.17, 15) is 25.2 Å². The maximum absolute atomic E-state index is 11.4. The van der Waals surface area contributed by atoms with Gasteiger partial charge in [0, 0.05) is 18.3 Å². The molecule has 6 rings (SSSR count). The van der Waals surface area contributed by atoms with Crippen molar-refractivity contribution in [3.8, 4) is 0 Å². The number of carbonyl (C=O) groups is 1. The second-order valence-corrected chi connectivity index (χ2v) is 10.1. The monoisotopic (exact) mass is 460 g/mol. The summed E-state index contributed by atoms with van der Waals surface area (Å²) in [4.78, 5) is 23.2. The number of aliphatic hydroxyl groups is 3. The minimum atomic E-state index is -1.79. The predicted molar refractivity (Wildman–Crippen MR) is 102 cm³/mol. The second kappa shape index (κ2) is 7.82. The van der Waals surface area contributed by atoms with E-state index in [2.05, 4.69) is 6.92 Å². The normalized spacial score (nSPS) is 57.5. The Morgan fingerprint density at radius 1 is 0.938 bits per heavy atom. The molecule has 32 heavy (non-hydrogen) atoms. The molecule has 1 saturated carbocycles. The first-order valence-corrected chi connectivity index (χ1v) is 11.4. The van der Waals surface area contributed by atoms with Gasteiger partial charge in [0.2, 0.25) is 5.79 Å². The summed E-state index contributed by atoms with van der Waals surface area (Å²) in [5, 5.41) is 39.7. The molecule has 1 spiro atoms. The molecule has 2 bridgehead atoms. The minimum Gasteiger partial charge on any atom is -0.479 e. The number of hydrogen-bond donors (Lipinski definition) is 4. The molecule has 11 heteroatoms. The van der Waals surface area contributed by atoms with Crippen molar-refractivity contribution in [1.82, 2.24) is 0 Å². The minimum absolute atomic E-state index is 0.0402. The molecule has 6 aliphatic rings. The Bertz CT molecular complexity index is 749. The molecule has 5 aliphatic heterocycles. The molecule has 0 radical (unpaired) electrons. The standard InChI is InChI=1S/C21H32O11/c1-8-4-5-11-9(2)17(28-18-14(24)12(22)13(23)15(27-18)16(25)26)29-19-21(11)10(8)6-7-20(3,30-19)31-32-21/h8-15,17-19,22-24H,4-7H2,1-3H3,(H,25,26). The lowest BCUT2D eigenvalue weighted by Crippen LogP contribution is -2.71. The van der Waals surface area contributed by atoms with E-state index in [4.69, 9.17) is 28.7 Å². The van der Waals surface area contributed by atoms with Crippen LogP contribution < -0.4 is 0 Å². The Balaban J connectivity index is 1.41. The van der Waals surface area contributed by atoms with Gasteiger partial charge in [-0.2, -0.15) is 0 Å². The van der Waals surface area contributed by atoms with Crippen LogP contribution in [0.4, 0.5) is 0 Å². The third-order valence-corrected chi connectivity index (χ3v) is 8.18. The van der Waals surface area contributed by atoms with Gasteiger partial charge in [0.25, 0.3) is 0 Å². The molecule has 11 nitrogen and oxygen atoms in total. The maximum atomic E-state index is 11.4. The molecule has 13 atom stereocenters. The zero-order chi connectivity index (χ0) is 23.0. The number of rotatable bonds is 3. The number of carboxylic acids is 1. The molecule has 5 saturated heterocycles. The van der Waals surface area contributed by atoms with Crippen LogP contribution in [0.25, 0.3) is 0 Å². The van der Waals surface area contributed by atoms with Crippen LogP contribution in [0.1, 0.15) is 46.5 Å². The van der Waals surface area contributed by atoms with Gasteiger partial charge in [0.1, 0.15) is 18.3 Å². The van der Waals surface area contributed by atoms with Crippen molar-refractivity contribution >= 4 is 5.97 Å². The Kier molecular flexibility index (Phi) is 5.59. The van der Waals surface area contributed by atoms with Crippen molar-refractivity contribution < 1.29 is 53.9 Å². The van der Waals surface area contributed by atoms with Crippen LogP contribution >= 0.6 is 0 Å². The van der Waals surface area contributed by atoms with E-state index in [1.807, 2.05) is 6.92 Å². The third-order valence-electron chi connectivity index (χ3n) is 8.18. The summed E-state index contributed by atoms with van der Waals surface area (Å²) < 4.78 is 23.7. The summed E-state index contributed by atoms with van der Waals surface area (Å²) in [6, 6.07) is 0. The lowest BCUT2D eigenvalue weighted by atomic mass is 9.58. The largest absolute Gasteiger partial charge is 0.479 e. The highest BCUT2D eigenvalue weighted by atomic mass is 17.3. The van der Waals surface area contributed by atoms with Crippen molar-refractivity contribution in [3.63, 3.8) is 0 Å². The average molecular weight is 460 g/mol. The Labute approximate surface area is 185 Å². The van der Waals surface area contributed by atoms with Gasteiger partial charge in [-0.3, -0.25) is 0 Å². The topological polar surface area (TPSA) is 153 Å². The number of aliphatic hydroxyl groups excluding tert-OH is 3. The van der Waals surface area contributed by atoms with E-state index in [-0.39, 0.29) is 17.8 Å². The first-order valence-electron chi connectivity index (χ1n) is 11.4. The highest BCUT2D eigenvalue weighted by Gasteiger charge is 2.69. The van der Waals surface area contributed by atoms with Crippen LogP contribution in [-0.2, 0) is 33.5 Å². The van der Waals surface area contributed by atoms with E-state index >= 15 is 0 Å². The van der Waals surface area contributed by atoms with Gasteiger partial charge < -0.3 is 39.4 Å². The number of carboxylic acid groups (broad SMARTS) is 1. The van der Waals surface area contributed by atoms with Crippen LogP contribution in [0, 0.1) is 23.7 Å². The molecule has 0 aromatic carbocycles. The Morgan fingerprint density at radius 3 is 2.41 bits per heavy atom. The first-order chi connectivity index (χ1) is 15.1. The highest BCUT2D eigenvalue weighted by molar-refractivity contribution is 5.73. The van der Waals surface area contributed by atoms with Crippen LogP contribution in [0.2, 0.25) is 0 Å². The van der Waals surface area contributed by atoms with E-state index in [0.29, 0.717) is 12.3 Å². The molecule has 182 valence electrons. The lowest BCUT2D eigenvalue weighted by Gasteiger charge is -2.60. The quantitative estimate of drug-likeness (QED) is 0.424. The second-order valence-electron chi connectivity index (χ2n) is 10.1. The van der Waals surface area contributed by atoms with Crippen molar-refractivity contribution in [1.29, 1.82) is 0 Å². The van der Waals surface area contributed by atoms with E-state index in [0.717, 1.165) is 19.3 Å². The van der Waals surface area contributed by atoms with E-state index in [1.165, 1.54) is 0 Å². The summed E-state index contributed by atoms with van der Waals surface area (Å²) >= 11 is 0. The fraction of sp³-hybridized carbons (Fsp3) is 0.952. The van der Waals surface area contributed by atoms with Crippen LogP contribution in [0.3, 0.4) is 0 Å². The summed E-state index contributed by atoms with van der Waals surface area (Å²) in [6.45, 7) is 5.94. The van der Waals surface area contributed by atoms with Crippen LogP contribution in [0.5, 0.6) is 0 Å². The highest BCUT2D eigenvalue weighted by Crippen LogP contribution is 2.60. The Morgan fingerprint density at radius 2 is 1.69 bits per heavy atom. The lowest BCUT2D eigenvalue weighted by molar-refractivity contribution is -0.579. The van der Waals surface area contributed by atoms with Crippen molar-refractivity contribution in [2.75, 3.05) is 0 Å². The van der Waals surface area contributed by atoms with E-state index in [1.54, 1.807) is 6.92 Å². The molecule has 0 aromatic heterocycles. The zero-order valence-electron chi connectivity index (χ0n) is 18.3. The Hall–Kier alpha value is -0.890. The zero-order valence-corrected chi connectivity index (χ0v) is 18.3. The number of ether oxygens (including phenoxy) is 4. The van der Waals surface area contributed by atoms with Crippen molar-refractivity contribution in [3.05, 3.63) is 0 Å². The van der Waals surface area contributed by atoms with Gasteiger partial charge in [-0.1, -0.05) is 13.8 Å². The van der Waals surface area contributed by atoms with Gasteiger partial charge >= 0.3 is 5.97 Å². The van der Waals surface area contributed by atoms with Gasteiger partial charge in [0.15, 0.2) is 30.6 Å². The molecule has 13 unspecified atom stereocenters. The van der Waals surface area contributed by atoms with Crippen molar-refractivity contribution in [2.24, 2.45) is 23.7 Å². The number of fused-ring (bicyclic) bond motifs is 2. The van der Waals surface area contributed by atoms with Crippen LogP contribution in [0.15, 0.2) is 0 Å². The van der Waals surface area contributed by atoms with Crippen LogP contribution in [-0.4, -0.2) is 81.1 Å². The molecular formula is C21H32O11. The SMILES string of the molecule is CC1CCC2C(C)C(OC3OC(C(=O)O)C(O)C(O)C3O)OC3OC4(C)CCC1C32OO4. The molecule has 1 aliphatic carbocycles. The molecule has 6 fully saturated rings. The molecule has 0 aromatic rings. The fourth-order valence-corrected chi connectivity index (χ4v) is 6.32. The summed E-state index contributed by atoms with van der Waals surface area (Å²) in [6.07, 6.45) is -6.80. The maximum Gasteiger partial charge on any atom is 0.335 e. The molecule has 0 amide bonds. The summed E-state index contributed by atoms with van der Waals surface area (Å²) in [5.74, 6) is -2.14. The summed E-state index contributed by atoms with van der Waals surface area (Å²) in [5.41, 5.74) is -0.793. The van der Waals surface area contributed by atoms with Crippen molar-refractivity contribution in [2.45, 2.75) is 101 Å². The molecular weight excluding hydrogens is 428 g/mol. The molecule has 5 heterocycles.